The molecule has 133 heavy (non-hydrogen) atoms. The van der Waals surface area contributed by atoms with E-state index in [4.69, 9.17) is 10.5 Å². The van der Waals surface area contributed by atoms with Crippen LogP contribution in [0.4, 0.5) is 13.2 Å². The molecule has 0 bridgehead atoms. The molecule has 0 radical (unpaired) electrons. The average molecular weight is 1880 g/mol. The van der Waals surface area contributed by atoms with Gasteiger partial charge in [-0.1, -0.05) is 125 Å². The van der Waals surface area contributed by atoms with Crippen LogP contribution < -0.4 is 58.9 Å². The molecule has 0 aliphatic carbocycles. The number of carbonyl (C=O) groups excluding carboxylic acids is 15. The summed E-state index contributed by atoms with van der Waals surface area (Å²) in [7, 11) is 4.69. The molecule has 5 aromatic carbocycles. The molecule has 18 N–H and O–H groups in total. The number of unbranched alkanes of at least 4 members (excludes halogenated alkanes) is 1. The van der Waals surface area contributed by atoms with Crippen LogP contribution in [-0.4, -0.2) is 301 Å². The second-order valence-electron chi connectivity index (χ2n) is 32.8. The number of rotatable bonds is 26. The van der Waals surface area contributed by atoms with E-state index in [0.717, 1.165) is 33.7 Å². The first-order valence-electron chi connectivity index (χ1n) is 42.9. The smallest absolute Gasteiger partial charge is 0.305 e. The first-order valence-corrected chi connectivity index (χ1v) is 44.1. The number of hydrogen-bond acceptors (Lipinski definition) is 22. The van der Waals surface area contributed by atoms with Crippen molar-refractivity contribution in [2.24, 2.45) is 11.7 Å². The third-order valence-corrected chi connectivity index (χ3v) is 23.6. The van der Waals surface area contributed by atoms with Crippen LogP contribution in [0.5, 0.6) is 5.75 Å². The van der Waals surface area contributed by atoms with Crippen LogP contribution >= 0.6 is 11.8 Å². The number of aromatic nitrogens is 1. The number of benzene rings is 5. The number of primary amides is 1. The Morgan fingerprint density at radius 2 is 1.08 bits per heavy atom. The monoisotopic (exact) mass is 1870 g/mol. The topological polar surface area (TPSA) is 576 Å². The number of phenols is 1. The number of carboxylic acid groups (broad SMARTS) is 2. The van der Waals surface area contributed by atoms with Crippen molar-refractivity contribution in [3.63, 3.8) is 0 Å². The number of aromatic hydroxyl groups is 1. The highest BCUT2D eigenvalue weighted by Gasteiger charge is 2.46. The van der Waals surface area contributed by atoms with Crippen LogP contribution in [0.1, 0.15) is 100.0 Å². The lowest BCUT2D eigenvalue weighted by Crippen LogP contribution is -2.62. The summed E-state index contributed by atoms with van der Waals surface area (Å²) in [5, 5.41) is 78.4. The van der Waals surface area contributed by atoms with Gasteiger partial charge in [-0.25, -0.2) is 13.2 Å². The zero-order valence-electron chi connectivity index (χ0n) is 74.2. The summed E-state index contributed by atoms with van der Waals surface area (Å²) in [6, 6.07) is 5.76. The molecule has 3 heterocycles. The van der Waals surface area contributed by atoms with E-state index in [1.165, 1.54) is 58.5 Å². The van der Waals surface area contributed by atoms with E-state index in [2.05, 4.69) is 58.2 Å². The standard InChI is InChI=1S/C90H113F3N16O23S/c1-8-9-24-68-84(125)103-66(45-110)83(124)101-64(41-75(117)118)82(123)105-77(48(2)3)90(131)107(5)69(37-49-18-12-10-13-19-49)85(126)99-61(29-30-74(115)116)88(129)109-44-55(112)40-70(109)86(127)102-63(39-53-42-95-59-23-17-16-22-56(53)59)81(122)100-62(35-51-25-27-54(111)28-26-51)80(121)98-60(31-32-132-7)79(120)104-67(78(119)96-43-72(94)113)46-133-47-73(114)97-65(36-52-33-57(91)76(93)58(92)34-52)87(128)108(6)71(89(130)106(68)4)38-50-20-14-11-15-21-50/h10-23,25-28,33-34,42,48,55,60-71,77,95,110-112H,8-9,24,29-32,35-41,43-47H2,1-7H3,(H2,94,113)(H,96,119)(H,97,114)(H,98,121)(H,99,126)(H,100,122)(H,101,124)(H,102,127)(H,103,125)(H,104,120)(H,105,123)(H,115,116)(H,117,118)/t55-,60+,61+,62+,63+,64+,65+,66-,67+,68+,69+,70-,71?,77+/m1/s1. The molecular weight excluding hydrogens is 1760 g/mol. The summed E-state index contributed by atoms with van der Waals surface area (Å²) in [6.45, 7) is 1.65. The van der Waals surface area contributed by atoms with E-state index in [1.54, 1.807) is 91.9 Å². The van der Waals surface area contributed by atoms with E-state index < -0.39 is 284 Å². The number of aliphatic hydroxyl groups excluding tert-OH is 2. The van der Waals surface area contributed by atoms with Gasteiger partial charge < -0.3 is 114 Å². The van der Waals surface area contributed by atoms with Crippen LogP contribution in [0, 0.1) is 23.4 Å². The summed E-state index contributed by atoms with van der Waals surface area (Å²) >= 11 is 0.612. The highest BCUT2D eigenvalue weighted by molar-refractivity contribution is 8.00. The minimum atomic E-state index is -2.13. The van der Waals surface area contributed by atoms with Crippen molar-refractivity contribution in [2.45, 2.75) is 189 Å². The van der Waals surface area contributed by atoms with E-state index in [9.17, 15) is 73.1 Å². The van der Waals surface area contributed by atoms with Crippen molar-refractivity contribution < 1.29 is 125 Å². The van der Waals surface area contributed by atoms with Gasteiger partial charge in [0.2, 0.25) is 88.6 Å². The van der Waals surface area contributed by atoms with Crippen LogP contribution in [0.2, 0.25) is 0 Å². The van der Waals surface area contributed by atoms with E-state index >= 15 is 47.1 Å². The minimum Gasteiger partial charge on any atom is -0.508 e. The van der Waals surface area contributed by atoms with Crippen LogP contribution in [0.15, 0.2) is 128 Å². The number of nitrogens with one attached hydrogen (secondary N) is 11. The Hall–Kier alpha value is -13.6. The van der Waals surface area contributed by atoms with E-state index in [0.29, 0.717) is 57.9 Å². The number of carboxylic acids is 2. The third kappa shape index (κ3) is 30.2. The number of amides is 15. The van der Waals surface area contributed by atoms with Crippen molar-refractivity contribution in [3.8, 4) is 5.75 Å². The van der Waals surface area contributed by atoms with Gasteiger partial charge >= 0.3 is 11.9 Å². The van der Waals surface area contributed by atoms with Crippen molar-refractivity contribution in [3.05, 3.63) is 173 Å². The number of H-pyrrole nitrogens is 1. The SMILES string of the molecule is CCCC[C@H]1C(=O)N[C@H](CO)C(=O)N[C@@H](CC(=O)O)C(=O)N[C@@H](C(C)C)C(=O)N(C)[C@@H](Cc2ccccc2)C(=O)N[C@@H](CCC(=O)O)C(=O)N2C[C@H](O)C[C@@H]2C(=O)N[C@@H](Cc2c[nH]c3ccccc23)C(=O)N[C@@H](Cc2ccc(O)cc2)C(=O)N[C@@H](CCOC)C(=O)N[C@H](C(=O)NCC(N)=O)CSCC(=O)N[C@@H](Cc2cc(F)c(F)c(F)c2)C(=O)N(C)C(Cc2ccccc2)C(=O)N1C. The van der Waals surface area contributed by atoms with Gasteiger partial charge in [0.05, 0.1) is 31.4 Å². The number of phenolic OH excluding ortho intramolecular Hbond substituents is 1. The van der Waals surface area contributed by atoms with Gasteiger partial charge in [-0.3, -0.25) is 81.5 Å². The molecule has 43 heteroatoms. The maximum atomic E-state index is 15.5. The minimum absolute atomic E-state index is 0.184. The molecule has 6 aromatic rings. The van der Waals surface area contributed by atoms with Crippen molar-refractivity contribution in [1.82, 2.24) is 77.8 Å². The Balaban J connectivity index is 1.24. The highest BCUT2D eigenvalue weighted by Crippen LogP contribution is 2.27. The van der Waals surface area contributed by atoms with Crippen LogP contribution in [0.3, 0.4) is 0 Å². The quantitative estimate of drug-likeness (QED) is 0.0295. The summed E-state index contributed by atoms with van der Waals surface area (Å²) < 4.78 is 50.2. The van der Waals surface area contributed by atoms with Gasteiger partial charge in [-0.05, 0) is 83.3 Å². The third-order valence-electron chi connectivity index (χ3n) is 22.6. The fourth-order valence-corrected chi connectivity index (χ4v) is 16.1. The number of thioether (sulfide) groups is 1. The Bertz CT molecular complexity index is 5140. The Labute approximate surface area is 767 Å². The lowest BCUT2D eigenvalue weighted by Gasteiger charge is -2.36. The Morgan fingerprint density at radius 1 is 0.549 bits per heavy atom. The number of hydrogen-bond donors (Lipinski definition) is 17. The number of ether oxygens (including phenoxy) is 1. The Morgan fingerprint density at radius 3 is 1.68 bits per heavy atom. The van der Waals surface area contributed by atoms with Crippen molar-refractivity contribution >= 4 is 123 Å². The lowest BCUT2D eigenvalue weighted by molar-refractivity contribution is -0.149. The highest BCUT2D eigenvalue weighted by atomic mass is 32.2. The lowest BCUT2D eigenvalue weighted by atomic mass is 9.98. The van der Waals surface area contributed by atoms with Gasteiger partial charge in [0.1, 0.15) is 84.3 Å². The molecule has 0 spiro atoms. The summed E-state index contributed by atoms with van der Waals surface area (Å²) in [6.07, 6.45) is -5.61. The number of aliphatic hydroxyl groups is 2. The number of para-hydroxylation sites is 1. The molecule has 2 aliphatic rings. The largest absolute Gasteiger partial charge is 0.508 e. The van der Waals surface area contributed by atoms with Crippen molar-refractivity contribution in [1.29, 1.82) is 0 Å². The summed E-state index contributed by atoms with van der Waals surface area (Å²) in [5.74, 6) is -27.9. The first-order chi connectivity index (χ1) is 63.2. The molecule has 15 amide bonds. The molecule has 2 aliphatic heterocycles. The summed E-state index contributed by atoms with van der Waals surface area (Å²) in [4.78, 5) is 254. The van der Waals surface area contributed by atoms with Gasteiger partial charge in [-0.2, -0.15) is 0 Å². The molecule has 0 saturated carbocycles. The molecule has 1 unspecified atom stereocenters. The maximum absolute atomic E-state index is 15.5. The number of nitrogens with zero attached hydrogens (tertiary/aromatic N) is 4. The molecular formula is C90H113F3N16O23S. The molecule has 39 nitrogen and oxygen atoms in total. The molecule has 2 fully saturated rings. The van der Waals surface area contributed by atoms with Crippen molar-refractivity contribution in [2.75, 3.05) is 66.1 Å². The number of carbonyl (C=O) groups is 17. The molecule has 718 valence electrons. The number of aliphatic carboxylic acids is 2. The average Bonchev–Trinajstić information content (AvgIpc) is 1.67. The second kappa shape index (κ2) is 50.2. The second-order valence-corrected chi connectivity index (χ2v) is 33.8. The predicted octanol–water partition coefficient (Wildman–Crippen LogP) is -0.827. The maximum Gasteiger partial charge on any atom is 0.305 e. The number of aromatic amines is 1. The Kier molecular flexibility index (Phi) is 39.5. The normalized spacial score (nSPS) is 23.6. The number of halogens is 3. The van der Waals surface area contributed by atoms with Gasteiger partial charge in [-0.15, -0.1) is 11.8 Å². The first kappa shape index (κ1) is 105. The fraction of sp³-hybridized carbons (Fsp3) is 0.456. The summed E-state index contributed by atoms with van der Waals surface area (Å²) in [5.41, 5.74) is 7.04. The zero-order valence-corrected chi connectivity index (χ0v) is 75.0. The molecule has 1 aromatic heterocycles. The van der Waals surface area contributed by atoms with E-state index in [1.807, 2.05) is 0 Å². The van der Waals surface area contributed by atoms with Gasteiger partial charge in [0.15, 0.2) is 17.5 Å². The number of nitrogens with two attached hydrogens (primary N) is 1. The number of fused-ring (bicyclic) bond motifs is 2. The number of methoxy groups -OCH3 is 1. The molecule has 8 rings (SSSR count). The number of likely N-dealkylation sites (N-methyl/N-ethyl adjacent to an activating group) is 3. The van der Waals surface area contributed by atoms with Crippen LogP contribution in [0.25, 0.3) is 10.9 Å². The van der Waals surface area contributed by atoms with E-state index in [-0.39, 0.29) is 56.4 Å². The van der Waals surface area contributed by atoms with Gasteiger partial charge in [0.25, 0.3) is 0 Å². The molecule has 2 saturated heterocycles. The van der Waals surface area contributed by atoms with Gasteiger partial charge in [0, 0.05) is 109 Å². The zero-order chi connectivity index (χ0) is 97.6. The molecule has 14 atom stereocenters. The fourth-order valence-electron chi connectivity index (χ4n) is 15.3. The predicted molar refractivity (Wildman–Crippen MR) is 474 cm³/mol. The van der Waals surface area contributed by atoms with Crippen LogP contribution in [-0.2, 0) is 118 Å².